The summed E-state index contributed by atoms with van der Waals surface area (Å²) in [6.45, 7) is 1.38. The van der Waals surface area contributed by atoms with E-state index >= 15 is 0 Å². The molecule has 1 rings (SSSR count). The molecule has 18 heavy (non-hydrogen) atoms. The van der Waals surface area contributed by atoms with Crippen molar-refractivity contribution in [2.24, 2.45) is 0 Å². The Hall–Kier alpha value is -1.43. The number of ether oxygens (including phenoxy) is 1. The van der Waals surface area contributed by atoms with Gasteiger partial charge in [-0.1, -0.05) is 18.2 Å². The van der Waals surface area contributed by atoms with Crippen LogP contribution < -0.4 is 5.32 Å². The lowest BCUT2D eigenvalue weighted by molar-refractivity contribution is 0.00318. The van der Waals surface area contributed by atoms with Crippen molar-refractivity contribution in [2.75, 3.05) is 20.3 Å². The lowest BCUT2D eigenvalue weighted by Crippen LogP contribution is -2.43. The zero-order chi connectivity index (χ0) is 13.6. The standard InChI is InChI=1S/C13H19NO4/c1-13(17,9-15)8-14-12(16)11-6-4-3-5-10(11)7-18-2/h3-6,15,17H,7-9H2,1-2H3,(H,14,16). The van der Waals surface area contributed by atoms with E-state index in [0.717, 1.165) is 5.56 Å². The minimum atomic E-state index is -1.31. The molecule has 1 amide bonds. The predicted octanol–water partition coefficient (Wildman–Crippen LogP) is 0.306. The molecule has 0 fully saturated rings. The van der Waals surface area contributed by atoms with E-state index in [1.807, 2.05) is 12.1 Å². The Labute approximate surface area is 106 Å². The van der Waals surface area contributed by atoms with Crippen LogP contribution in [0.3, 0.4) is 0 Å². The molecule has 0 heterocycles. The minimum Gasteiger partial charge on any atom is -0.393 e. The predicted molar refractivity (Wildman–Crippen MR) is 67.2 cm³/mol. The van der Waals surface area contributed by atoms with Crippen LogP contribution in [-0.2, 0) is 11.3 Å². The van der Waals surface area contributed by atoms with Crippen LogP contribution in [0.15, 0.2) is 24.3 Å². The average Bonchev–Trinajstić information content (AvgIpc) is 2.37. The maximum atomic E-state index is 11.9. The van der Waals surface area contributed by atoms with Gasteiger partial charge in [-0.2, -0.15) is 0 Å². The number of rotatable bonds is 6. The highest BCUT2D eigenvalue weighted by Gasteiger charge is 2.20. The second-order valence-electron chi connectivity index (χ2n) is 4.43. The van der Waals surface area contributed by atoms with Gasteiger partial charge in [0.15, 0.2) is 0 Å². The largest absolute Gasteiger partial charge is 0.393 e. The van der Waals surface area contributed by atoms with Crippen LogP contribution in [0.4, 0.5) is 0 Å². The Kier molecular flexibility index (Phi) is 5.27. The summed E-state index contributed by atoms with van der Waals surface area (Å²) in [6.07, 6.45) is 0. The molecule has 0 spiro atoms. The van der Waals surface area contributed by atoms with Crippen molar-refractivity contribution in [3.8, 4) is 0 Å². The van der Waals surface area contributed by atoms with Gasteiger partial charge < -0.3 is 20.3 Å². The van der Waals surface area contributed by atoms with E-state index in [1.165, 1.54) is 6.92 Å². The number of aliphatic hydroxyl groups excluding tert-OH is 1. The molecule has 1 aromatic rings. The molecule has 0 saturated carbocycles. The van der Waals surface area contributed by atoms with Crippen LogP contribution in [0.25, 0.3) is 0 Å². The van der Waals surface area contributed by atoms with Gasteiger partial charge in [-0.15, -0.1) is 0 Å². The van der Waals surface area contributed by atoms with Crippen LogP contribution in [0.1, 0.15) is 22.8 Å². The topological polar surface area (TPSA) is 78.8 Å². The van der Waals surface area contributed by atoms with Crippen molar-refractivity contribution < 1.29 is 19.7 Å². The van der Waals surface area contributed by atoms with Gasteiger partial charge in [-0.3, -0.25) is 4.79 Å². The van der Waals surface area contributed by atoms with Gasteiger partial charge in [0.05, 0.1) is 13.2 Å². The number of hydrogen-bond donors (Lipinski definition) is 3. The molecule has 0 aliphatic carbocycles. The van der Waals surface area contributed by atoms with Crippen molar-refractivity contribution >= 4 is 5.91 Å². The number of hydrogen-bond acceptors (Lipinski definition) is 4. The molecule has 0 aromatic heterocycles. The SMILES string of the molecule is COCc1ccccc1C(=O)NCC(C)(O)CO. The number of carbonyl (C=O) groups excluding carboxylic acids is 1. The molecule has 5 nitrogen and oxygen atoms in total. The molecular formula is C13H19NO4. The Balaban J connectivity index is 2.72. The van der Waals surface area contributed by atoms with E-state index in [2.05, 4.69) is 5.32 Å². The fraction of sp³-hybridized carbons (Fsp3) is 0.462. The molecule has 3 N–H and O–H groups in total. The first-order valence-corrected chi connectivity index (χ1v) is 5.68. The Morgan fingerprint density at radius 3 is 2.72 bits per heavy atom. The fourth-order valence-electron chi connectivity index (χ4n) is 1.45. The van der Waals surface area contributed by atoms with E-state index in [1.54, 1.807) is 19.2 Å². The first kappa shape index (κ1) is 14.6. The van der Waals surface area contributed by atoms with Crippen molar-refractivity contribution in [3.05, 3.63) is 35.4 Å². The van der Waals surface area contributed by atoms with Crippen LogP contribution in [0.5, 0.6) is 0 Å². The fourth-order valence-corrected chi connectivity index (χ4v) is 1.45. The third-order valence-corrected chi connectivity index (χ3v) is 2.53. The van der Waals surface area contributed by atoms with E-state index in [4.69, 9.17) is 9.84 Å². The third-order valence-electron chi connectivity index (χ3n) is 2.53. The summed E-state index contributed by atoms with van der Waals surface area (Å²) in [5.41, 5.74) is -0.0273. The monoisotopic (exact) mass is 253 g/mol. The summed E-state index contributed by atoms with van der Waals surface area (Å²) in [5, 5.41) is 21.1. The summed E-state index contributed by atoms with van der Waals surface area (Å²) in [7, 11) is 1.56. The lowest BCUT2D eigenvalue weighted by Gasteiger charge is -2.21. The number of benzene rings is 1. The highest BCUT2D eigenvalue weighted by Crippen LogP contribution is 2.10. The Morgan fingerprint density at radius 2 is 2.11 bits per heavy atom. The lowest BCUT2D eigenvalue weighted by atomic mass is 10.1. The summed E-state index contributed by atoms with van der Waals surface area (Å²) >= 11 is 0. The van der Waals surface area contributed by atoms with E-state index in [0.29, 0.717) is 12.2 Å². The summed E-state index contributed by atoms with van der Waals surface area (Å²) in [5.74, 6) is -0.295. The van der Waals surface area contributed by atoms with Gasteiger partial charge in [0, 0.05) is 19.2 Å². The normalized spacial score (nSPS) is 14.0. The summed E-state index contributed by atoms with van der Waals surface area (Å²) in [4.78, 5) is 11.9. The van der Waals surface area contributed by atoms with Gasteiger partial charge in [-0.25, -0.2) is 0 Å². The maximum Gasteiger partial charge on any atom is 0.251 e. The maximum absolute atomic E-state index is 11.9. The number of amides is 1. The first-order chi connectivity index (χ1) is 8.50. The number of methoxy groups -OCH3 is 1. The number of aliphatic hydroxyl groups is 2. The van der Waals surface area contributed by atoms with Crippen molar-refractivity contribution in [3.63, 3.8) is 0 Å². The molecule has 0 aliphatic heterocycles. The first-order valence-electron chi connectivity index (χ1n) is 5.68. The molecule has 0 bridgehead atoms. The average molecular weight is 253 g/mol. The van der Waals surface area contributed by atoms with E-state index in [-0.39, 0.29) is 12.5 Å². The Morgan fingerprint density at radius 1 is 1.44 bits per heavy atom. The number of nitrogens with one attached hydrogen (secondary N) is 1. The van der Waals surface area contributed by atoms with E-state index in [9.17, 15) is 9.90 Å². The van der Waals surface area contributed by atoms with Crippen molar-refractivity contribution in [2.45, 2.75) is 19.1 Å². The molecule has 0 saturated heterocycles. The molecule has 0 aliphatic rings. The summed E-state index contributed by atoms with van der Waals surface area (Å²) < 4.78 is 5.02. The third kappa shape index (κ3) is 4.10. The van der Waals surface area contributed by atoms with Gasteiger partial charge >= 0.3 is 0 Å². The quantitative estimate of drug-likeness (QED) is 0.681. The second-order valence-corrected chi connectivity index (χ2v) is 4.43. The molecule has 1 aromatic carbocycles. The van der Waals surface area contributed by atoms with Crippen LogP contribution >= 0.6 is 0 Å². The van der Waals surface area contributed by atoms with E-state index < -0.39 is 12.2 Å². The van der Waals surface area contributed by atoms with Gasteiger partial charge in [0.2, 0.25) is 0 Å². The zero-order valence-corrected chi connectivity index (χ0v) is 10.6. The summed E-state index contributed by atoms with van der Waals surface area (Å²) in [6, 6.07) is 7.09. The van der Waals surface area contributed by atoms with Gasteiger partial charge in [0.1, 0.15) is 5.60 Å². The van der Waals surface area contributed by atoms with Crippen LogP contribution in [-0.4, -0.2) is 42.0 Å². The minimum absolute atomic E-state index is 0.0103. The smallest absolute Gasteiger partial charge is 0.251 e. The second kappa shape index (κ2) is 6.49. The van der Waals surface area contributed by atoms with Crippen LogP contribution in [0.2, 0.25) is 0 Å². The molecule has 1 unspecified atom stereocenters. The van der Waals surface area contributed by atoms with Crippen molar-refractivity contribution in [1.82, 2.24) is 5.32 Å². The highest BCUT2D eigenvalue weighted by atomic mass is 16.5. The molecule has 1 atom stereocenters. The number of carbonyl (C=O) groups is 1. The van der Waals surface area contributed by atoms with Crippen LogP contribution in [0, 0.1) is 0 Å². The Bertz CT molecular complexity index is 404. The van der Waals surface area contributed by atoms with Crippen molar-refractivity contribution in [1.29, 1.82) is 0 Å². The molecule has 100 valence electrons. The highest BCUT2D eigenvalue weighted by molar-refractivity contribution is 5.95. The molecule has 5 heteroatoms. The molecule has 0 radical (unpaired) electrons. The van der Waals surface area contributed by atoms with Gasteiger partial charge in [-0.05, 0) is 18.6 Å². The molecular weight excluding hydrogens is 234 g/mol. The van der Waals surface area contributed by atoms with Gasteiger partial charge in [0.25, 0.3) is 5.91 Å². The zero-order valence-electron chi connectivity index (χ0n) is 10.6.